The quantitative estimate of drug-likeness (QED) is 0.563. The molecule has 2 aliphatic heterocycles. The SMILES string of the molecule is CCNC(=NCc1ccc(N2CCC(C)CC2)nc1)N1CCN(Cc2ccon2)CC1. The summed E-state index contributed by atoms with van der Waals surface area (Å²) in [5.41, 5.74) is 2.14. The molecule has 2 saturated heterocycles. The van der Waals surface area contributed by atoms with Crippen LogP contribution in [0.4, 0.5) is 5.82 Å². The zero-order chi connectivity index (χ0) is 21.5. The summed E-state index contributed by atoms with van der Waals surface area (Å²) in [6.07, 6.45) is 6.13. The Morgan fingerprint density at radius 3 is 2.58 bits per heavy atom. The van der Waals surface area contributed by atoms with Crippen molar-refractivity contribution in [2.45, 2.75) is 39.8 Å². The molecule has 0 saturated carbocycles. The van der Waals surface area contributed by atoms with Crippen LogP contribution in [0.15, 0.2) is 40.2 Å². The van der Waals surface area contributed by atoms with E-state index in [0.717, 1.165) is 81.3 Å². The molecule has 168 valence electrons. The highest BCUT2D eigenvalue weighted by atomic mass is 16.5. The van der Waals surface area contributed by atoms with Crippen molar-refractivity contribution in [3.8, 4) is 0 Å². The second-order valence-electron chi connectivity index (χ2n) is 8.62. The zero-order valence-electron chi connectivity index (χ0n) is 18.8. The van der Waals surface area contributed by atoms with Crippen molar-refractivity contribution in [1.29, 1.82) is 0 Å². The fourth-order valence-electron chi connectivity index (χ4n) is 4.19. The van der Waals surface area contributed by atoms with Crippen LogP contribution in [0, 0.1) is 5.92 Å². The molecule has 8 heteroatoms. The highest BCUT2D eigenvalue weighted by Gasteiger charge is 2.20. The predicted molar refractivity (Wildman–Crippen MR) is 123 cm³/mol. The number of guanidine groups is 1. The number of aliphatic imine (C=N–C) groups is 1. The first-order chi connectivity index (χ1) is 15.2. The van der Waals surface area contributed by atoms with Gasteiger partial charge in [-0.2, -0.15) is 0 Å². The number of aromatic nitrogens is 2. The van der Waals surface area contributed by atoms with Crippen LogP contribution in [-0.2, 0) is 13.1 Å². The lowest BCUT2D eigenvalue weighted by molar-refractivity contribution is 0.169. The molecule has 4 rings (SSSR count). The number of pyridine rings is 1. The van der Waals surface area contributed by atoms with E-state index in [1.165, 1.54) is 12.8 Å². The van der Waals surface area contributed by atoms with Gasteiger partial charge in [-0.3, -0.25) is 4.90 Å². The average molecular weight is 426 g/mol. The fraction of sp³-hybridized carbons (Fsp3) is 0.609. The first-order valence-electron chi connectivity index (χ1n) is 11.6. The Balaban J connectivity index is 1.30. The molecule has 0 amide bonds. The van der Waals surface area contributed by atoms with Gasteiger partial charge in [0.25, 0.3) is 0 Å². The number of piperazine rings is 1. The van der Waals surface area contributed by atoms with E-state index in [-0.39, 0.29) is 0 Å². The normalized spacial score (nSPS) is 19.1. The number of anilines is 1. The van der Waals surface area contributed by atoms with E-state index >= 15 is 0 Å². The van der Waals surface area contributed by atoms with E-state index in [1.54, 1.807) is 6.26 Å². The van der Waals surface area contributed by atoms with E-state index < -0.39 is 0 Å². The van der Waals surface area contributed by atoms with E-state index in [1.807, 2.05) is 12.3 Å². The third-order valence-corrected chi connectivity index (χ3v) is 6.21. The van der Waals surface area contributed by atoms with Gasteiger partial charge < -0.3 is 19.6 Å². The van der Waals surface area contributed by atoms with Crippen LogP contribution >= 0.6 is 0 Å². The molecule has 0 aromatic carbocycles. The van der Waals surface area contributed by atoms with Crippen molar-refractivity contribution in [1.82, 2.24) is 25.3 Å². The van der Waals surface area contributed by atoms with Crippen LogP contribution in [0.5, 0.6) is 0 Å². The summed E-state index contributed by atoms with van der Waals surface area (Å²) in [6.45, 7) is 12.9. The maximum Gasteiger partial charge on any atom is 0.194 e. The van der Waals surface area contributed by atoms with Crippen LogP contribution in [0.25, 0.3) is 0 Å². The summed E-state index contributed by atoms with van der Waals surface area (Å²) in [5, 5.41) is 7.47. The summed E-state index contributed by atoms with van der Waals surface area (Å²) in [6, 6.07) is 6.25. The lowest BCUT2D eigenvalue weighted by Gasteiger charge is -2.36. The van der Waals surface area contributed by atoms with E-state index in [0.29, 0.717) is 6.54 Å². The van der Waals surface area contributed by atoms with E-state index in [9.17, 15) is 0 Å². The minimum absolute atomic E-state index is 0.645. The topological polar surface area (TPSA) is 73.0 Å². The van der Waals surface area contributed by atoms with Crippen molar-refractivity contribution < 1.29 is 4.52 Å². The smallest absolute Gasteiger partial charge is 0.194 e. The van der Waals surface area contributed by atoms with Gasteiger partial charge in [-0.1, -0.05) is 18.1 Å². The Morgan fingerprint density at radius 1 is 1.13 bits per heavy atom. The lowest BCUT2D eigenvalue weighted by Crippen LogP contribution is -2.52. The third kappa shape index (κ3) is 5.97. The number of nitrogens with one attached hydrogen (secondary N) is 1. The van der Waals surface area contributed by atoms with Crippen molar-refractivity contribution in [3.05, 3.63) is 41.9 Å². The highest BCUT2D eigenvalue weighted by molar-refractivity contribution is 5.80. The van der Waals surface area contributed by atoms with Crippen molar-refractivity contribution in [3.63, 3.8) is 0 Å². The van der Waals surface area contributed by atoms with Gasteiger partial charge in [0.15, 0.2) is 5.96 Å². The van der Waals surface area contributed by atoms with Crippen LogP contribution in [0.1, 0.15) is 37.9 Å². The molecule has 0 atom stereocenters. The minimum atomic E-state index is 0.645. The van der Waals surface area contributed by atoms with Crippen LogP contribution in [-0.4, -0.2) is 71.7 Å². The molecule has 2 aromatic rings. The molecular weight excluding hydrogens is 390 g/mol. The Morgan fingerprint density at radius 2 is 1.94 bits per heavy atom. The monoisotopic (exact) mass is 425 g/mol. The van der Waals surface area contributed by atoms with Gasteiger partial charge in [0.05, 0.1) is 12.2 Å². The van der Waals surface area contributed by atoms with E-state index in [4.69, 9.17) is 14.5 Å². The third-order valence-electron chi connectivity index (χ3n) is 6.21. The van der Waals surface area contributed by atoms with Crippen LogP contribution in [0.2, 0.25) is 0 Å². The zero-order valence-corrected chi connectivity index (χ0v) is 18.8. The summed E-state index contributed by atoms with van der Waals surface area (Å²) in [5.74, 6) is 2.91. The Labute approximate surface area is 185 Å². The van der Waals surface area contributed by atoms with E-state index in [2.05, 4.69) is 51.2 Å². The first-order valence-corrected chi connectivity index (χ1v) is 11.6. The summed E-state index contributed by atoms with van der Waals surface area (Å²) in [7, 11) is 0. The maximum atomic E-state index is 4.94. The molecule has 0 bridgehead atoms. The van der Waals surface area contributed by atoms with Gasteiger partial charge in [-0.05, 0) is 37.3 Å². The number of piperidine rings is 1. The molecule has 4 heterocycles. The van der Waals surface area contributed by atoms with Crippen LogP contribution in [0.3, 0.4) is 0 Å². The van der Waals surface area contributed by atoms with Gasteiger partial charge in [0, 0.05) is 64.6 Å². The van der Waals surface area contributed by atoms with Gasteiger partial charge in [-0.15, -0.1) is 0 Å². The van der Waals surface area contributed by atoms with Crippen molar-refractivity contribution in [2.75, 3.05) is 50.7 Å². The van der Waals surface area contributed by atoms with Gasteiger partial charge >= 0.3 is 0 Å². The maximum absolute atomic E-state index is 4.94. The summed E-state index contributed by atoms with van der Waals surface area (Å²) < 4.78 is 4.94. The van der Waals surface area contributed by atoms with Gasteiger partial charge in [0.1, 0.15) is 12.1 Å². The molecule has 8 nitrogen and oxygen atoms in total. The predicted octanol–water partition coefficient (Wildman–Crippen LogP) is 2.59. The lowest BCUT2D eigenvalue weighted by atomic mass is 9.99. The molecule has 0 radical (unpaired) electrons. The summed E-state index contributed by atoms with van der Waals surface area (Å²) >= 11 is 0. The number of rotatable bonds is 6. The van der Waals surface area contributed by atoms with Crippen molar-refractivity contribution in [2.24, 2.45) is 10.9 Å². The molecular formula is C23H35N7O. The molecule has 31 heavy (non-hydrogen) atoms. The Kier molecular flexibility index (Phi) is 7.40. The van der Waals surface area contributed by atoms with Gasteiger partial charge in [0.2, 0.25) is 0 Å². The standard InChI is InChI=1S/C23H35N7O/c1-3-24-23(30-13-11-28(12-14-30)18-21-8-15-31-27-21)26-17-20-4-5-22(25-16-20)29-9-6-19(2)7-10-29/h4-5,8,15-16,19H,3,6-7,9-14,17-18H2,1-2H3,(H,24,26). The molecule has 0 spiro atoms. The first kappa shape index (κ1) is 21.6. The van der Waals surface area contributed by atoms with Crippen LogP contribution < -0.4 is 10.2 Å². The highest BCUT2D eigenvalue weighted by Crippen LogP contribution is 2.21. The van der Waals surface area contributed by atoms with Crippen molar-refractivity contribution >= 4 is 11.8 Å². The number of nitrogens with zero attached hydrogens (tertiary/aromatic N) is 6. The summed E-state index contributed by atoms with van der Waals surface area (Å²) in [4.78, 5) is 16.8. The minimum Gasteiger partial charge on any atom is -0.364 e. The molecule has 2 fully saturated rings. The molecule has 0 unspecified atom stereocenters. The average Bonchev–Trinajstić information content (AvgIpc) is 3.31. The molecule has 1 N–H and O–H groups in total. The van der Waals surface area contributed by atoms with Gasteiger partial charge in [-0.25, -0.2) is 9.98 Å². The number of hydrogen-bond acceptors (Lipinski definition) is 6. The number of hydrogen-bond donors (Lipinski definition) is 1. The largest absolute Gasteiger partial charge is 0.364 e. The molecule has 2 aromatic heterocycles. The molecule has 2 aliphatic rings. The second-order valence-corrected chi connectivity index (χ2v) is 8.62. The fourth-order valence-corrected chi connectivity index (χ4v) is 4.19. The molecule has 0 aliphatic carbocycles. The Hall–Kier alpha value is -2.61. The second kappa shape index (κ2) is 10.6. The Bertz CT molecular complexity index is 805.